The lowest BCUT2D eigenvalue weighted by atomic mass is 9.94. The number of carbonyl (C=O) groups is 2. The van der Waals surface area contributed by atoms with Crippen molar-refractivity contribution in [3.8, 4) is 5.75 Å². The SMILES string of the molecule is CCc1ccc(N(CC(=O)N(Cc2cccc(OC)c2)C(Cc2ccccc2)C(=O)NC2CCCCC2)S(C)(=O)=O)cc1. The van der Waals surface area contributed by atoms with Gasteiger partial charge in [-0.15, -0.1) is 0 Å². The maximum atomic E-state index is 14.3. The summed E-state index contributed by atoms with van der Waals surface area (Å²) in [4.78, 5) is 29.9. The minimum Gasteiger partial charge on any atom is -0.497 e. The highest BCUT2D eigenvalue weighted by molar-refractivity contribution is 7.92. The highest BCUT2D eigenvalue weighted by Crippen LogP contribution is 2.23. The van der Waals surface area contributed by atoms with Crippen molar-refractivity contribution in [3.63, 3.8) is 0 Å². The molecular weight excluding hydrogens is 562 g/mol. The van der Waals surface area contributed by atoms with Gasteiger partial charge in [-0.3, -0.25) is 13.9 Å². The number of anilines is 1. The van der Waals surface area contributed by atoms with Crippen LogP contribution in [-0.2, 0) is 39.0 Å². The smallest absolute Gasteiger partial charge is 0.244 e. The summed E-state index contributed by atoms with van der Waals surface area (Å²) in [5.41, 5.74) is 3.14. The number of sulfonamides is 1. The summed E-state index contributed by atoms with van der Waals surface area (Å²) in [6, 6.07) is 23.3. The average molecular weight is 606 g/mol. The molecule has 43 heavy (non-hydrogen) atoms. The molecule has 2 amide bonds. The van der Waals surface area contributed by atoms with Crippen LogP contribution >= 0.6 is 0 Å². The molecule has 4 rings (SSSR count). The molecule has 1 atom stereocenters. The summed E-state index contributed by atoms with van der Waals surface area (Å²) in [5, 5.41) is 3.22. The van der Waals surface area contributed by atoms with Crippen molar-refractivity contribution in [2.24, 2.45) is 0 Å². The highest BCUT2D eigenvalue weighted by Gasteiger charge is 2.34. The van der Waals surface area contributed by atoms with Crippen LogP contribution in [0, 0.1) is 0 Å². The Labute approximate surface area is 256 Å². The second-order valence-corrected chi connectivity index (χ2v) is 13.1. The van der Waals surface area contributed by atoms with Gasteiger partial charge in [-0.2, -0.15) is 0 Å². The minimum atomic E-state index is -3.81. The lowest BCUT2D eigenvalue weighted by Gasteiger charge is -2.35. The maximum absolute atomic E-state index is 14.3. The van der Waals surface area contributed by atoms with Crippen LogP contribution in [0.5, 0.6) is 5.75 Å². The molecule has 1 saturated carbocycles. The fraction of sp³-hybridized carbons (Fsp3) is 0.412. The monoisotopic (exact) mass is 605 g/mol. The number of nitrogens with one attached hydrogen (secondary N) is 1. The molecule has 9 heteroatoms. The van der Waals surface area contributed by atoms with Gasteiger partial charge in [-0.1, -0.05) is 80.8 Å². The Morgan fingerprint density at radius 1 is 0.907 bits per heavy atom. The van der Waals surface area contributed by atoms with Crippen LogP contribution in [0.2, 0.25) is 0 Å². The Morgan fingerprint density at radius 2 is 1.58 bits per heavy atom. The highest BCUT2D eigenvalue weighted by atomic mass is 32.2. The number of benzene rings is 3. The van der Waals surface area contributed by atoms with Gasteiger partial charge in [0.05, 0.1) is 19.1 Å². The fourth-order valence-electron chi connectivity index (χ4n) is 5.58. The van der Waals surface area contributed by atoms with Gasteiger partial charge in [0.25, 0.3) is 0 Å². The Bertz CT molecular complexity index is 1450. The first-order chi connectivity index (χ1) is 20.7. The van der Waals surface area contributed by atoms with E-state index < -0.39 is 28.5 Å². The van der Waals surface area contributed by atoms with Crippen molar-refractivity contribution in [2.45, 2.75) is 70.5 Å². The van der Waals surface area contributed by atoms with Crippen molar-refractivity contribution in [3.05, 3.63) is 95.6 Å². The summed E-state index contributed by atoms with van der Waals surface area (Å²) in [5.74, 6) is -0.0670. The molecule has 0 bridgehead atoms. The van der Waals surface area contributed by atoms with E-state index in [-0.39, 0.29) is 18.5 Å². The van der Waals surface area contributed by atoms with Crippen LogP contribution in [0.4, 0.5) is 5.69 Å². The van der Waals surface area contributed by atoms with Crippen molar-refractivity contribution in [1.29, 1.82) is 0 Å². The third-order valence-electron chi connectivity index (χ3n) is 8.02. The van der Waals surface area contributed by atoms with Crippen molar-refractivity contribution in [2.75, 3.05) is 24.2 Å². The van der Waals surface area contributed by atoms with E-state index in [1.807, 2.05) is 73.7 Å². The zero-order chi connectivity index (χ0) is 30.8. The molecule has 0 aliphatic heterocycles. The molecule has 0 spiro atoms. The minimum absolute atomic E-state index is 0.0536. The van der Waals surface area contributed by atoms with Gasteiger partial charge in [0, 0.05) is 19.0 Å². The van der Waals surface area contributed by atoms with Crippen LogP contribution in [0.3, 0.4) is 0 Å². The standard InChI is InChI=1S/C34H43N3O5S/c1-4-26-18-20-30(21-19-26)37(43(3,40)41)25-33(38)36(24-28-14-11-17-31(22-28)42-2)32(23-27-12-7-5-8-13-27)34(39)35-29-15-9-6-10-16-29/h5,7-8,11-14,17-22,29,32H,4,6,9-10,15-16,23-25H2,1-3H3,(H,35,39). The second kappa shape index (κ2) is 15.0. The van der Waals surface area contributed by atoms with Gasteiger partial charge in [0.2, 0.25) is 21.8 Å². The number of nitrogens with zero attached hydrogens (tertiary/aromatic N) is 2. The van der Waals surface area contributed by atoms with E-state index in [1.165, 1.54) is 4.90 Å². The van der Waals surface area contributed by atoms with Crippen LogP contribution < -0.4 is 14.4 Å². The molecule has 1 unspecified atom stereocenters. The van der Waals surface area contributed by atoms with Gasteiger partial charge in [-0.25, -0.2) is 8.42 Å². The van der Waals surface area contributed by atoms with Crippen LogP contribution in [0.25, 0.3) is 0 Å². The van der Waals surface area contributed by atoms with Crippen LogP contribution in [0.1, 0.15) is 55.7 Å². The number of hydrogen-bond acceptors (Lipinski definition) is 5. The maximum Gasteiger partial charge on any atom is 0.244 e. The lowest BCUT2D eigenvalue weighted by molar-refractivity contribution is -0.140. The molecule has 8 nitrogen and oxygen atoms in total. The van der Waals surface area contributed by atoms with E-state index in [1.54, 1.807) is 19.2 Å². The summed E-state index contributed by atoms with van der Waals surface area (Å²) >= 11 is 0. The predicted octanol–water partition coefficient (Wildman–Crippen LogP) is 5.11. The van der Waals surface area contributed by atoms with Gasteiger partial charge < -0.3 is 15.0 Å². The molecule has 0 saturated heterocycles. The van der Waals surface area contributed by atoms with Crippen molar-refractivity contribution in [1.82, 2.24) is 10.2 Å². The second-order valence-electron chi connectivity index (χ2n) is 11.2. The topological polar surface area (TPSA) is 96.0 Å². The van der Waals surface area contributed by atoms with E-state index in [9.17, 15) is 18.0 Å². The number of rotatable bonds is 13. The van der Waals surface area contributed by atoms with E-state index in [4.69, 9.17) is 4.74 Å². The van der Waals surface area contributed by atoms with E-state index in [0.717, 1.165) is 65.8 Å². The molecule has 1 aliphatic rings. The molecule has 3 aromatic rings. The average Bonchev–Trinajstić information content (AvgIpc) is 3.02. The predicted molar refractivity (Wildman–Crippen MR) is 171 cm³/mol. The molecule has 0 aromatic heterocycles. The van der Waals surface area contributed by atoms with E-state index >= 15 is 0 Å². The fourth-order valence-corrected chi connectivity index (χ4v) is 6.43. The molecule has 0 radical (unpaired) electrons. The summed E-state index contributed by atoms with van der Waals surface area (Å²) < 4.78 is 32.5. The number of methoxy groups -OCH3 is 1. The first-order valence-corrected chi connectivity index (χ1v) is 16.9. The Balaban J connectivity index is 1.72. The normalized spacial score (nSPS) is 14.5. The molecule has 1 aliphatic carbocycles. The zero-order valence-corrected chi connectivity index (χ0v) is 26.2. The lowest BCUT2D eigenvalue weighted by Crippen LogP contribution is -2.55. The van der Waals surface area contributed by atoms with Gasteiger partial charge in [0.15, 0.2) is 0 Å². The number of carbonyl (C=O) groups excluding carboxylic acids is 2. The summed E-state index contributed by atoms with van der Waals surface area (Å²) in [7, 11) is -2.24. The first-order valence-electron chi connectivity index (χ1n) is 15.0. The first kappa shape index (κ1) is 32.1. The zero-order valence-electron chi connectivity index (χ0n) is 25.4. The third kappa shape index (κ3) is 9.07. The molecule has 3 aromatic carbocycles. The third-order valence-corrected chi connectivity index (χ3v) is 9.16. The Kier molecular flexibility index (Phi) is 11.2. The van der Waals surface area contributed by atoms with Gasteiger partial charge >= 0.3 is 0 Å². The molecular formula is C34H43N3O5S. The van der Waals surface area contributed by atoms with Gasteiger partial charge in [-0.05, 0) is 60.2 Å². The van der Waals surface area contributed by atoms with Crippen molar-refractivity contribution >= 4 is 27.5 Å². The molecule has 1 N–H and O–H groups in total. The molecule has 0 heterocycles. The van der Waals surface area contributed by atoms with Crippen LogP contribution in [-0.4, -0.2) is 57.1 Å². The number of aryl methyl sites for hydroxylation is 1. The number of ether oxygens (including phenoxy) is 1. The quantitative estimate of drug-likeness (QED) is 0.292. The Morgan fingerprint density at radius 3 is 2.21 bits per heavy atom. The largest absolute Gasteiger partial charge is 0.497 e. The summed E-state index contributed by atoms with van der Waals surface area (Å²) in [6.07, 6.45) is 7.27. The Hall–Kier alpha value is -3.85. The van der Waals surface area contributed by atoms with E-state index in [0.29, 0.717) is 17.9 Å². The van der Waals surface area contributed by atoms with Gasteiger partial charge in [0.1, 0.15) is 18.3 Å². The van der Waals surface area contributed by atoms with E-state index in [2.05, 4.69) is 5.32 Å². The molecule has 230 valence electrons. The number of hydrogen-bond donors (Lipinski definition) is 1. The summed E-state index contributed by atoms with van der Waals surface area (Å²) in [6.45, 7) is 1.70. The van der Waals surface area contributed by atoms with Crippen molar-refractivity contribution < 1.29 is 22.7 Å². The van der Waals surface area contributed by atoms with Crippen LogP contribution in [0.15, 0.2) is 78.9 Å². The molecule has 1 fully saturated rings. The number of amides is 2.